The summed E-state index contributed by atoms with van der Waals surface area (Å²) < 4.78 is 2.64. The van der Waals surface area contributed by atoms with Crippen molar-refractivity contribution in [1.82, 2.24) is 19.6 Å². The van der Waals surface area contributed by atoms with Crippen molar-refractivity contribution in [2.24, 2.45) is 0 Å². The quantitative estimate of drug-likeness (QED) is 0.692. The molecule has 0 aliphatic rings. The zero-order valence-corrected chi connectivity index (χ0v) is 11.8. The second kappa shape index (κ2) is 3.61. The number of aromatic nitrogens is 4. The fraction of sp³-hybridized carbons (Fsp3) is 0.222. The minimum absolute atomic E-state index is 0.846. The molecule has 0 fully saturated rings. The Labute approximate surface area is 108 Å². The summed E-state index contributed by atoms with van der Waals surface area (Å²) in [4.78, 5) is 11.0. The molecule has 4 nitrogen and oxygen atoms in total. The molecule has 7 heteroatoms. The molecule has 0 bridgehead atoms. The van der Waals surface area contributed by atoms with Gasteiger partial charge in [0.25, 0.3) is 0 Å². The van der Waals surface area contributed by atoms with Crippen molar-refractivity contribution in [3.63, 3.8) is 0 Å². The third kappa shape index (κ3) is 1.59. The third-order valence-corrected chi connectivity index (χ3v) is 4.61. The van der Waals surface area contributed by atoms with Crippen LogP contribution in [0.3, 0.4) is 0 Å². The summed E-state index contributed by atoms with van der Waals surface area (Å²) in [6, 6.07) is 0. The number of halogens is 1. The lowest BCUT2D eigenvalue weighted by atomic mass is 10.3. The largest absolute Gasteiger partial charge is 0.246 e. The highest BCUT2D eigenvalue weighted by molar-refractivity contribution is 9.11. The van der Waals surface area contributed by atoms with Gasteiger partial charge in [-0.1, -0.05) is 11.3 Å². The molecule has 0 aromatic carbocycles. The van der Waals surface area contributed by atoms with Gasteiger partial charge in [0.1, 0.15) is 5.69 Å². The van der Waals surface area contributed by atoms with E-state index in [1.165, 1.54) is 11.3 Å². The number of hydrogen-bond acceptors (Lipinski definition) is 5. The van der Waals surface area contributed by atoms with Crippen LogP contribution >= 0.6 is 38.6 Å². The molecule has 0 unspecified atom stereocenters. The zero-order valence-electron chi connectivity index (χ0n) is 8.56. The van der Waals surface area contributed by atoms with E-state index in [0.29, 0.717) is 0 Å². The average molecular weight is 315 g/mol. The Bertz CT molecular complexity index is 635. The van der Waals surface area contributed by atoms with Crippen molar-refractivity contribution in [2.75, 3.05) is 0 Å². The first-order valence-corrected chi connectivity index (χ1v) is 7.02. The number of nitrogens with zero attached hydrogens (tertiary/aromatic N) is 4. The van der Waals surface area contributed by atoms with Crippen molar-refractivity contribution >= 4 is 43.6 Å². The number of aryl methyl sites for hydroxylation is 2. The molecule has 0 aliphatic carbocycles. The van der Waals surface area contributed by atoms with Gasteiger partial charge in [0, 0.05) is 0 Å². The molecule has 0 radical (unpaired) electrons. The number of rotatable bonds is 1. The maximum Gasteiger partial charge on any atom is 0.213 e. The SMILES string of the molecule is Cc1nc(C)c(-c2cn3nc(Br)sc3n2)s1. The van der Waals surface area contributed by atoms with Crippen molar-refractivity contribution in [2.45, 2.75) is 13.8 Å². The average Bonchev–Trinajstić information content (AvgIpc) is 2.78. The molecule has 0 saturated heterocycles. The van der Waals surface area contributed by atoms with Gasteiger partial charge >= 0.3 is 0 Å². The van der Waals surface area contributed by atoms with E-state index in [9.17, 15) is 0 Å². The summed E-state index contributed by atoms with van der Waals surface area (Å²) in [7, 11) is 0. The van der Waals surface area contributed by atoms with Crippen LogP contribution in [0.25, 0.3) is 15.5 Å². The zero-order chi connectivity index (χ0) is 11.3. The van der Waals surface area contributed by atoms with E-state index in [2.05, 4.69) is 31.0 Å². The number of imidazole rings is 1. The first-order chi connectivity index (χ1) is 7.63. The van der Waals surface area contributed by atoms with Crippen molar-refractivity contribution in [1.29, 1.82) is 0 Å². The van der Waals surface area contributed by atoms with E-state index in [-0.39, 0.29) is 0 Å². The van der Waals surface area contributed by atoms with Crippen molar-refractivity contribution < 1.29 is 0 Å². The molecular weight excluding hydrogens is 308 g/mol. The van der Waals surface area contributed by atoms with Crippen LogP contribution in [0.4, 0.5) is 0 Å². The Balaban J connectivity index is 2.18. The second-order valence-corrected chi connectivity index (χ2v) is 6.79. The smallest absolute Gasteiger partial charge is 0.213 e. The summed E-state index contributed by atoms with van der Waals surface area (Å²) in [5.74, 6) is 0. The van der Waals surface area contributed by atoms with Gasteiger partial charge in [0.05, 0.1) is 21.8 Å². The van der Waals surface area contributed by atoms with Crippen molar-refractivity contribution in [3.8, 4) is 10.6 Å². The van der Waals surface area contributed by atoms with E-state index in [4.69, 9.17) is 0 Å². The number of hydrogen-bond donors (Lipinski definition) is 0. The Kier molecular flexibility index (Phi) is 2.34. The lowest BCUT2D eigenvalue weighted by Gasteiger charge is -1.89. The first-order valence-electron chi connectivity index (χ1n) is 4.59. The number of thiazole rings is 1. The molecular formula is C9H7BrN4S2. The Morgan fingerprint density at radius 2 is 2.06 bits per heavy atom. The normalized spacial score (nSPS) is 11.4. The van der Waals surface area contributed by atoms with Gasteiger partial charge in [-0.3, -0.25) is 0 Å². The fourth-order valence-corrected chi connectivity index (χ4v) is 3.64. The maximum absolute atomic E-state index is 4.54. The second-order valence-electron chi connectivity index (χ2n) is 3.36. The van der Waals surface area contributed by atoms with Crippen molar-refractivity contribution in [3.05, 3.63) is 20.8 Å². The van der Waals surface area contributed by atoms with Crippen LogP contribution in [0.5, 0.6) is 0 Å². The van der Waals surface area contributed by atoms with Gasteiger partial charge < -0.3 is 0 Å². The molecule has 3 rings (SSSR count). The minimum Gasteiger partial charge on any atom is -0.246 e. The summed E-state index contributed by atoms with van der Waals surface area (Å²) >= 11 is 6.53. The molecule has 0 atom stereocenters. The monoisotopic (exact) mass is 314 g/mol. The lowest BCUT2D eigenvalue weighted by Crippen LogP contribution is -1.79. The minimum atomic E-state index is 0.846. The van der Waals surface area contributed by atoms with Crippen LogP contribution in [0.15, 0.2) is 10.1 Å². The van der Waals surface area contributed by atoms with Gasteiger partial charge in [-0.25, -0.2) is 14.5 Å². The molecule has 0 amide bonds. The number of fused-ring (bicyclic) bond motifs is 1. The van der Waals surface area contributed by atoms with Gasteiger partial charge in [-0.15, -0.1) is 16.4 Å². The van der Waals surface area contributed by atoms with E-state index in [0.717, 1.165) is 30.2 Å². The van der Waals surface area contributed by atoms with Gasteiger partial charge in [-0.2, -0.15) is 0 Å². The molecule has 0 spiro atoms. The van der Waals surface area contributed by atoms with Crippen LogP contribution in [0.1, 0.15) is 10.7 Å². The van der Waals surface area contributed by atoms with Crippen LogP contribution in [-0.2, 0) is 0 Å². The van der Waals surface area contributed by atoms with E-state index < -0.39 is 0 Å². The highest BCUT2D eigenvalue weighted by Crippen LogP contribution is 2.30. The molecule has 82 valence electrons. The highest BCUT2D eigenvalue weighted by atomic mass is 79.9. The van der Waals surface area contributed by atoms with Gasteiger partial charge in [-0.05, 0) is 29.8 Å². The Morgan fingerprint density at radius 3 is 2.69 bits per heavy atom. The lowest BCUT2D eigenvalue weighted by molar-refractivity contribution is 0.959. The van der Waals surface area contributed by atoms with Crippen LogP contribution < -0.4 is 0 Å². The predicted molar refractivity (Wildman–Crippen MR) is 69.1 cm³/mol. The molecule has 0 aliphatic heterocycles. The summed E-state index contributed by atoms with van der Waals surface area (Å²) in [5, 5.41) is 5.34. The molecule has 3 heterocycles. The molecule has 3 aromatic heterocycles. The first kappa shape index (κ1) is 10.4. The van der Waals surface area contributed by atoms with Crippen LogP contribution in [0.2, 0.25) is 0 Å². The third-order valence-electron chi connectivity index (χ3n) is 2.15. The van der Waals surface area contributed by atoms with E-state index in [1.54, 1.807) is 15.9 Å². The Hall–Kier alpha value is -0.790. The summed E-state index contributed by atoms with van der Waals surface area (Å²) in [6.45, 7) is 4.02. The van der Waals surface area contributed by atoms with Crippen LogP contribution in [0, 0.1) is 13.8 Å². The van der Waals surface area contributed by atoms with Crippen LogP contribution in [-0.4, -0.2) is 19.6 Å². The van der Waals surface area contributed by atoms with Gasteiger partial charge in [0.15, 0.2) is 3.92 Å². The maximum atomic E-state index is 4.54. The topological polar surface area (TPSA) is 43.1 Å². The van der Waals surface area contributed by atoms with Gasteiger partial charge in [0.2, 0.25) is 4.96 Å². The summed E-state index contributed by atoms with van der Waals surface area (Å²) in [6.07, 6.45) is 1.94. The van der Waals surface area contributed by atoms with E-state index >= 15 is 0 Å². The standard InChI is InChI=1S/C9H7BrN4S2/c1-4-7(15-5(2)11-4)6-3-14-9(12-6)16-8(10)13-14/h3H,1-2H3. The highest BCUT2D eigenvalue weighted by Gasteiger charge is 2.13. The molecule has 16 heavy (non-hydrogen) atoms. The molecule has 0 N–H and O–H groups in total. The van der Waals surface area contributed by atoms with E-state index in [1.807, 2.05) is 20.0 Å². The molecule has 0 saturated carbocycles. The molecule has 3 aromatic rings. The Morgan fingerprint density at radius 1 is 1.25 bits per heavy atom. The predicted octanol–water partition coefficient (Wildman–Crippen LogP) is 3.29. The fourth-order valence-electron chi connectivity index (χ4n) is 1.55. The summed E-state index contributed by atoms with van der Waals surface area (Å²) in [5.41, 5.74) is 1.99.